The molecule has 10 heteroatoms. The van der Waals surface area contributed by atoms with Gasteiger partial charge >= 0.3 is 5.97 Å². The molecule has 2 N–H and O–H groups in total. The van der Waals surface area contributed by atoms with Crippen LogP contribution in [0, 0.1) is 0 Å². The highest BCUT2D eigenvalue weighted by Crippen LogP contribution is 2.38. The van der Waals surface area contributed by atoms with E-state index in [-0.39, 0.29) is 16.7 Å². The number of pyridine rings is 1. The quantitative estimate of drug-likeness (QED) is 0.681. The normalized spacial score (nSPS) is 12.8. The number of nitrogens with one attached hydrogen (secondary N) is 2. The second-order valence-electron chi connectivity index (χ2n) is 6.20. The van der Waals surface area contributed by atoms with E-state index in [2.05, 4.69) is 15.6 Å². The molecule has 3 rings (SSSR count). The van der Waals surface area contributed by atoms with Gasteiger partial charge in [0.25, 0.3) is 5.91 Å². The van der Waals surface area contributed by atoms with Crippen LogP contribution < -0.4 is 10.6 Å². The standard InChI is InChI=1S/C18H17Cl2N3O4S/c1-9(24)22-17-15(11-4-2-3-5-13(11)28-17)18(26)27-8-14(25)23-16-12(20)6-10(19)7-21-16/h6-7H,2-5,8H2,1H3,(H,22,24)(H,21,23,25). The Morgan fingerprint density at radius 3 is 2.68 bits per heavy atom. The fourth-order valence-corrected chi connectivity index (χ4v) is 4.66. The minimum atomic E-state index is -0.645. The fraction of sp³-hybridized carbons (Fsp3) is 0.333. The summed E-state index contributed by atoms with van der Waals surface area (Å²) < 4.78 is 5.18. The highest BCUT2D eigenvalue weighted by atomic mass is 35.5. The minimum absolute atomic E-state index is 0.124. The Balaban J connectivity index is 1.69. The van der Waals surface area contributed by atoms with Crippen LogP contribution in [-0.2, 0) is 27.2 Å². The first-order chi connectivity index (χ1) is 13.3. The highest BCUT2D eigenvalue weighted by molar-refractivity contribution is 7.17. The topological polar surface area (TPSA) is 97.4 Å². The summed E-state index contributed by atoms with van der Waals surface area (Å²) in [6.07, 6.45) is 4.95. The molecule has 2 heterocycles. The number of hydrogen-bond acceptors (Lipinski definition) is 6. The second kappa shape index (κ2) is 8.89. The molecule has 0 saturated carbocycles. The van der Waals surface area contributed by atoms with Crippen molar-refractivity contribution < 1.29 is 19.1 Å². The number of halogens is 2. The van der Waals surface area contributed by atoms with Gasteiger partial charge in [-0.15, -0.1) is 11.3 Å². The van der Waals surface area contributed by atoms with Crippen molar-refractivity contribution in [2.75, 3.05) is 17.2 Å². The third kappa shape index (κ3) is 4.81. The van der Waals surface area contributed by atoms with Crippen LogP contribution in [0.2, 0.25) is 10.0 Å². The van der Waals surface area contributed by atoms with Gasteiger partial charge in [0.05, 0.1) is 15.6 Å². The molecule has 0 radical (unpaired) electrons. The molecule has 28 heavy (non-hydrogen) atoms. The van der Waals surface area contributed by atoms with Gasteiger partial charge in [0, 0.05) is 18.0 Å². The Bertz CT molecular complexity index is 945. The fourth-order valence-electron chi connectivity index (χ4n) is 2.91. The van der Waals surface area contributed by atoms with E-state index in [1.54, 1.807) is 0 Å². The Hall–Kier alpha value is -2.16. The number of ether oxygens (including phenoxy) is 1. The number of esters is 1. The molecule has 0 spiro atoms. The molecule has 2 aromatic heterocycles. The van der Waals surface area contributed by atoms with E-state index in [9.17, 15) is 14.4 Å². The van der Waals surface area contributed by atoms with Crippen molar-refractivity contribution in [3.8, 4) is 0 Å². The number of thiophene rings is 1. The molecule has 148 valence electrons. The summed E-state index contributed by atoms with van der Waals surface area (Å²) in [4.78, 5) is 41.2. The van der Waals surface area contributed by atoms with Crippen molar-refractivity contribution in [3.63, 3.8) is 0 Å². The van der Waals surface area contributed by atoms with Crippen LogP contribution in [0.1, 0.15) is 40.6 Å². The van der Waals surface area contributed by atoms with Crippen molar-refractivity contribution in [2.24, 2.45) is 0 Å². The molecule has 2 aromatic rings. The summed E-state index contributed by atoms with van der Waals surface area (Å²) in [5.41, 5.74) is 1.23. The molecule has 0 atom stereocenters. The van der Waals surface area contributed by atoms with Crippen molar-refractivity contribution in [2.45, 2.75) is 32.6 Å². The minimum Gasteiger partial charge on any atom is -0.452 e. The van der Waals surface area contributed by atoms with Gasteiger partial charge < -0.3 is 15.4 Å². The van der Waals surface area contributed by atoms with Gasteiger partial charge in [0.15, 0.2) is 12.4 Å². The largest absolute Gasteiger partial charge is 0.452 e. The van der Waals surface area contributed by atoms with Crippen LogP contribution in [0.3, 0.4) is 0 Å². The number of anilines is 2. The molecule has 1 aliphatic rings. The number of nitrogens with zero attached hydrogens (tertiary/aromatic N) is 1. The van der Waals surface area contributed by atoms with Gasteiger partial charge in [0.1, 0.15) is 5.00 Å². The summed E-state index contributed by atoms with van der Waals surface area (Å²) in [5, 5.41) is 6.13. The number of hydrogen-bond donors (Lipinski definition) is 2. The molecule has 0 aromatic carbocycles. The Labute approximate surface area is 175 Å². The van der Waals surface area contributed by atoms with E-state index >= 15 is 0 Å². The van der Waals surface area contributed by atoms with Gasteiger partial charge in [-0.3, -0.25) is 9.59 Å². The van der Waals surface area contributed by atoms with Crippen LogP contribution in [0.25, 0.3) is 0 Å². The number of aromatic nitrogens is 1. The van der Waals surface area contributed by atoms with E-state index in [0.717, 1.165) is 36.1 Å². The monoisotopic (exact) mass is 441 g/mol. The highest BCUT2D eigenvalue weighted by Gasteiger charge is 2.27. The first-order valence-corrected chi connectivity index (χ1v) is 10.1. The van der Waals surface area contributed by atoms with E-state index in [0.29, 0.717) is 15.6 Å². The third-order valence-electron chi connectivity index (χ3n) is 4.06. The lowest BCUT2D eigenvalue weighted by Gasteiger charge is -2.13. The maximum absolute atomic E-state index is 12.6. The number of aryl methyl sites for hydroxylation is 1. The molecule has 0 unspecified atom stereocenters. The van der Waals surface area contributed by atoms with E-state index < -0.39 is 18.5 Å². The lowest BCUT2D eigenvalue weighted by atomic mass is 9.95. The summed E-state index contributed by atoms with van der Waals surface area (Å²) in [6, 6.07) is 1.44. The van der Waals surface area contributed by atoms with Crippen LogP contribution >= 0.6 is 34.5 Å². The number of carbonyl (C=O) groups is 3. The molecule has 0 aliphatic heterocycles. The van der Waals surface area contributed by atoms with Crippen LogP contribution in [-0.4, -0.2) is 29.4 Å². The van der Waals surface area contributed by atoms with Crippen LogP contribution in [0.5, 0.6) is 0 Å². The Morgan fingerprint density at radius 1 is 1.21 bits per heavy atom. The average molecular weight is 442 g/mol. The predicted molar refractivity (Wildman–Crippen MR) is 108 cm³/mol. The van der Waals surface area contributed by atoms with Gasteiger partial charge in [-0.05, 0) is 37.3 Å². The SMILES string of the molecule is CC(=O)Nc1sc2c(c1C(=O)OCC(=O)Nc1ncc(Cl)cc1Cl)CCCC2. The van der Waals surface area contributed by atoms with E-state index in [4.69, 9.17) is 27.9 Å². The van der Waals surface area contributed by atoms with Crippen LogP contribution in [0.4, 0.5) is 10.8 Å². The summed E-state index contributed by atoms with van der Waals surface area (Å²) >= 11 is 13.1. The van der Waals surface area contributed by atoms with Crippen molar-refractivity contribution in [3.05, 3.63) is 38.3 Å². The molecule has 0 fully saturated rings. The predicted octanol–water partition coefficient (Wildman–Crippen LogP) is 4.08. The van der Waals surface area contributed by atoms with Crippen molar-refractivity contribution in [1.82, 2.24) is 4.98 Å². The second-order valence-corrected chi connectivity index (χ2v) is 8.15. The lowest BCUT2D eigenvalue weighted by Crippen LogP contribution is -2.22. The van der Waals surface area contributed by atoms with Gasteiger partial charge in [0.2, 0.25) is 5.91 Å². The first-order valence-electron chi connectivity index (χ1n) is 8.55. The van der Waals surface area contributed by atoms with Gasteiger partial charge in [-0.25, -0.2) is 9.78 Å². The number of carbonyl (C=O) groups excluding carboxylic acids is 3. The van der Waals surface area contributed by atoms with Gasteiger partial charge in [-0.2, -0.15) is 0 Å². The molecular weight excluding hydrogens is 425 g/mol. The Kier molecular flexibility index (Phi) is 6.53. The zero-order chi connectivity index (χ0) is 20.3. The number of amides is 2. The molecule has 0 saturated heterocycles. The third-order valence-corrected chi connectivity index (χ3v) is 5.77. The number of rotatable bonds is 5. The van der Waals surface area contributed by atoms with Gasteiger partial charge in [-0.1, -0.05) is 23.2 Å². The summed E-state index contributed by atoms with van der Waals surface area (Å²) in [5.74, 6) is -1.38. The number of fused-ring (bicyclic) bond motifs is 1. The zero-order valence-corrected chi connectivity index (χ0v) is 17.3. The van der Waals surface area contributed by atoms with Crippen molar-refractivity contribution in [1.29, 1.82) is 0 Å². The van der Waals surface area contributed by atoms with Crippen molar-refractivity contribution >= 4 is 63.1 Å². The molecule has 2 amide bonds. The van der Waals surface area contributed by atoms with E-state index in [1.165, 1.54) is 30.5 Å². The van der Waals surface area contributed by atoms with E-state index in [1.807, 2.05) is 0 Å². The molecule has 1 aliphatic carbocycles. The Morgan fingerprint density at radius 2 is 1.96 bits per heavy atom. The average Bonchev–Trinajstić information content (AvgIpc) is 2.99. The zero-order valence-electron chi connectivity index (χ0n) is 14.9. The lowest BCUT2D eigenvalue weighted by molar-refractivity contribution is -0.119. The smallest absolute Gasteiger partial charge is 0.341 e. The maximum Gasteiger partial charge on any atom is 0.341 e. The molecule has 0 bridgehead atoms. The van der Waals surface area contributed by atoms with Crippen LogP contribution in [0.15, 0.2) is 12.3 Å². The summed E-state index contributed by atoms with van der Waals surface area (Å²) in [7, 11) is 0. The molecule has 7 nitrogen and oxygen atoms in total. The summed E-state index contributed by atoms with van der Waals surface area (Å²) in [6.45, 7) is 0.869. The first kappa shape index (κ1) is 20.6. The maximum atomic E-state index is 12.6. The molecular formula is C18H17Cl2N3O4S.